The summed E-state index contributed by atoms with van der Waals surface area (Å²) >= 11 is 0. The zero-order valence-electron chi connectivity index (χ0n) is 12.6. The fourth-order valence-corrected chi connectivity index (χ4v) is 3.06. The Kier molecular flexibility index (Phi) is 3.92. The van der Waals surface area contributed by atoms with E-state index in [1.54, 1.807) is 4.57 Å². The van der Waals surface area contributed by atoms with E-state index in [1.165, 1.54) is 12.5 Å². The van der Waals surface area contributed by atoms with E-state index >= 15 is 0 Å². The summed E-state index contributed by atoms with van der Waals surface area (Å²) in [7, 11) is 0. The second-order valence-corrected chi connectivity index (χ2v) is 5.70. The summed E-state index contributed by atoms with van der Waals surface area (Å²) in [5.41, 5.74) is 11.9. The van der Waals surface area contributed by atoms with Gasteiger partial charge in [0.05, 0.1) is 23.2 Å². The molecule has 0 saturated carbocycles. The normalized spacial score (nSPS) is 27.6. The van der Waals surface area contributed by atoms with Gasteiger partial charge in [-0.2, -0.15) is 0 Å². The summed E-state index contributed by atoms with van der Waals surface area (Å²) in [4.78, 5) is 19.7. The van der Waals surface area contributed by atoms with E-state index in [4.69, 9.17) is 21.3 Å². The Balaban J connectivity index is 2.10. The molecule has 124 valence electrons. The van der Waals surface area contributed by atoms with Gasteiger partial charge in [0, 0.05) is 18.7 Å². The van der Waals surface area contributed by atoms with Crippen molar-refractivity contribution in [2.75, 3.05) is 12.3 Å². The highest BCUT2D eigenvalue weighted by Crippen LogP contribution is 2.38. The minimum Gasteiger partial charge on any atom is -0.396 e. The van der Waals surface area contributed by atoms with Gasteiger partial charge < -0.3 is 31.0 Å². The molecule has 3 rings (SSSR count). The second kappa shape index (κ2) is 5.76. The number of nitrogen functional groups attached to an aromatic ring is 1. The van der Waals surface area contributed by atoms with Crippen LogP contribution in [0.4, 0.5) is 5.82 Å². The van der Waals surface area contributed by atoms with Crippen molar-refractivity contribution >= 4 is 22.8 Å². The molecule has 9 nitrogen and oxygen atoms in total. The van der Waals surface area contributed by atoms with Crippen LogP contribution in [0, 0.1) is 5.92 Å². The molecular weight excluding hydrogens is 302 g/mol. The summed E-state index contributed by atoms with van der Waals surface area (Å²) < 4.78 is 7.49. The van der Waals surface area contributed by atoms with Gasteiger partial charge in [-0.15, -0.1) is 0 Å². The number of aromatic nitrogens is 3. The highest BCUT2D eigenvalue weighted by molar-refractivity contribution is 6.08. The molecule has 6 N–H and O–H groups in total. The Labute approximate surface area is 131 Å². The van der Waals surface area contributed by atoms with Crippen LogP contribution in [-0.2, 0) is 4.74 Å². The maximum Gasteiger partial charge on any atom is 0.251 e. The van der Waals surface area contributed by atoms with Crippen molar-refractivity contribution in [2.45, 2.75) is 31.8 Å². The highest BCUT2D eigenvalue weighted by atomic mass is 16.5. The van der Waals surface area contributed by atoms with E-state index in [9.17, 15) is 9.90 Å². The van der Waals surface area contributed by atoms with Gasteiger partial charge in [-0.05, 0) is 6.42 Å². The molecule has 0 spiro atoms. The predicted molar refractivity (Wildman–Crippen MR) is 81.2 cm³/mol. The number of carbonyl (C=O) groups excluding carboxylic acids is 1. The van der Waals surface area contributed by atoms with Crippen LogP contribution in [0.3, 0.4) is 0 Å². The molecule has 1 fully saturated rings. The van der Waals surface area contributed by atoms with Crippen LogP contribution in [0.5, 0.6) is 0 Å². The molecule has 4 atom stereocenters. The molecule has 1 aliphatic rings. The van der Waals surface area contributed by atoms with E-state index in [0.717, 1.165) is 0 Å². The lowest BCUT2D eigenvalue weighted by Gasteiger charge is -2.18. The van der Waals surface area contributed by atoms with E-state index in [1.807, 2.05) is 6.92 Å². The molecule has 2 aromatic rings. The number of fused-ring (bicyclic) bond motifs is 1. The Morgan fingerprint density at radius 2 is 2.22 bits per heavy atom. The first-order valence-corrected chi connectivity index (χ1v) is 7.31. The molecule has 0 aromatic carbocycles. The number of nitrogens with two attached hydrogens (primary N) is 2. The monoisotopic (exact) mass is 321 g/mol. The number of nitrogens with zero attached hydrogens (tertiary/aromatic N) is 3. The van der Waals surface area contributed by atoms with E-state index in [0.29, 0.717) is 17.5 Å². The van der Waals surface area contributed by atoms with E-state index in [-0.39, 0.29) is 23.9 Å². The van der Waals surface area contributed by atoms with Crippen LogP contribution in [0.15, 0.2) is 12.5 Å². The Morgan fingerprint density at radius 1 is 1.48 bits per heavy atom. The molecule has 0 unspecified atom stereocenters. The van der Waals surface area contributed by atoms with Crippen molar-refractivity contribution in [3.05, 3.63) is 18.1 Å². The number of anilines is 1. The lowest BCUT2D eigenvalue weighted by Crippen LogP contribution is -2.26. The standard InChI is InChI=1S/C14H19N5O4/c1-6-10(21)8(2-3-20)23-14(6)19-4-7(12(16)22)9-11(15)17-5-18-13(9)19/h4-6,8,10,14,20-21H,2-3H2,1H3,(H2,16,22)(H2,15,17,18)/t6-,8-,10+,14-/m1/s1. The number of aliphatic hydroxyl groups is 2. The van der Waals surface area contributed by atoms with Crippen molar-refractivity contribution in [1.82, 2.24) is 14.5 Å². The summed E-state index contributed by atoms with van der Waals surface area (Å²) in [6, 6.07) is 0. The third-order valence-electron chi connectivity index (χ3n) is 4.28. The molecule has 23 heavy (non-hydrogen) atoms. The van der Waals surface area contributed by atoms with Crippen LogP contribution in [0.25, 0.3) is 11.0 Å². The van der Waals surface area contributed by atoms with Crippen LogP contribution < -0.4 is 11.5 Å². The topological polar surface area (TPSA) is 150 Å². The van der Waals surface area contributed by atoms with Gasteiger partial charge >= 0.3 is 0 Å². The second-order valence-electron chi connectivity index (χ2n) is 5.70. The number of hydrogen-bond acceptors (Lipinski definition) is 7. The maximum atomic E-state index is 11.7. The summed E-state index contributed by atoms with van der Waals surface area (Å²) in [6.07, 6.45) is 1.36. The van der Waals surface area contributed by atoms with Gasteiger partial charge in [0.2, 0.25) is 0 Å². The van der Waals surface area contributed by atoms with Crippen LogP contribution in [0.2, 0.25) is 0 Å². The SMILES string of the molecule is C[C@@H]1[C@H](O)[C@@H](CCO)O[C@H]1n1cc(C(N)=O)c2c(N)ncnc21. The molecule has 0 bridgehead atoms. The van der Waals surface area contributed by atoms with Crippen molar-refractivity contribution in [1.29, 1.82) is 0 Å². The molecule has 0 aliphatic carbocycles. The average Bonchev–Trinajstić information content (AvgIpc) is 3.02. The van der Waals surface area contributed by atoms with Crippen LogP contribution >= 0.6 is 0 Å². The van der Waals surface area contributed by atoms with Crippen LogP contribution in [-0.4, -0.2) is 49.5 Å². The van der Waals surface area contributed by atoms with E-state index in [2.05, 4.69) is 9.97 Å². The van der Waals surface area contributed by atoms with Gasteiger partial charge in [-0.1, -0.05) is 6.92 Å². The predicted octanol–water partition coefficient (Wildman–Crippen LogP) is -0.611. The number of ether oxygens (including phenoxy) is 1. The van der Waals surface area contributed by atoms with Gasteiger partial charge in [0.15, 0.2) is 0 Å². The average molecular weight is 321 g/mol. The molecule has 2 aromatic heterocycles. The number of aliphatic hydroxyl groups excluding tert-OH is 2. The Morgan fingerprint density at radius 3 is 2.87 bits per heavy atom. The third-order valence-corrected chi connectivity index (χ3v) is 4.28. The van der Waals surface area contributed by atoms with Crippen molar-refractivity contribution in [2.24, 2.45) is 11.7 Å². The van der Waals surface area contributed by atoms with Crippen molar-refractivity contribution < 1.29 is 19.7 Å². The minimum absolute atomic E-state index is 0.0880. The summed E-state index contributed by atoms with van der Waals surface area (Å²) in [6.45, 7) is 1.74. The number of carbonyl (C=O) groups is 1. The third kappa shape index (κ3) is 2.42. The molecule has 3 heterocycles. The fourth-order valence-electron chi connectivity index (χ4n) is 3.06. The van der Waals surface area contributed by atoms with Crippen molar-refractivity contribution in [3.8, 4) is 0 Å². The number of hydrogen-bond donors (Lipinski definition) is 4. The lowest BCUT2D eigenvalue weighted by atomic mass is 10.0. The number of amides is 1. The van der Waals surface area contributed by atoms with Crippen molar-refractivity contribution in [3.63, 3.8) is 0 Å². The molecular formula is C14H19N5O4. The Bertz CT molecular complexity index is 746. The number of primary amides is 1. The summed E-state index contributed by atoms with van der Waals surface area (Å²) in [5, 5.41) is 19.7. The largest absolute Gasteiger partial charge is 0.396 e. The van der Waals surface area contributed by atoms with Gasteiger partial charge in [0.25, 0.3) is 5.91 Å². The first-order chi connectivity index (χ1) is 11.0. The molecule has 9 heteroatoms. The molecule has 1 saturated heterocycles. The minimum atomic E-state index is -0.735. The first-order valence-electron chi connectivity index (χ1n) is 7.31. The van der Waals surface area contributed by atoms with Gasteiger partial charge in [-0.3, -0.25) is 4.79 Å². The smallest absolute Gasteiger partial charge is 0.251 e. The number of rotatable bonds is 4. The zero-order valence-corrected chi connectivity index (χ0v) is 12.6. The van der Waals surface area contributed by atoms with Gasteiger partial charge in [0.1, 0.15) is 24.0 Å². The van der Waals surface area contributed by atoms with Crippen LogP contribution in [0.1, 0.15) is 29.9 Å². The molecule has 1 amide bonds. The zero-order chi connectivity index (χ0) is 16.7. The maximum absolute atomic E-state index is 11.7. The molecule has 1 aliphatic heterocycles. The Hall–Kier alpha value is -2.23. The van der Waals surface area contributed by atoms with Gasteiger partial charge in [-0.25, -0.2) is 9.97 Å². The lowest BCUT2D eigenvalue weighted by molar-refractivity contribution is -0.0295. The quantitative estimate of drug-likeness (QED) is 0.586. The fraction of sp³-hybridized carbons (Fsp3) is 0.500. The van der Waals surface area contributed by atoms with E-state index < -0.39 is 24.3 Å². The first kappa shape index (κ1) is 15.7. The summed E-state index contributed by atoms with van der Waals surface area (Å²) in [5.74, 6) is -0.756. The molecule has 0 radical (unpaired) electrons. The highest BCUT2D eigenvalue weighted by Gasteiger charge is 2.42.